The van der Waals surface area contributed by atoms with Crippen molar-refractivity contribution in [2.45, 2.75) is 110 Å². The van der Waals surface area contributed by atoms with Gasteiger partial charge in [0.15, 0.2) is 5.78 Å². The number of nitrogens with one attached hydrogen (secondary N) is 1. The number of hydrogen-bond acceptors (Lipinski definition) is 3. The van der Waals surface area contributed by atoms with Crippen molar-refractivity contribution in [1.82, 2.24) is 0 Å². The summed E-state index contributed by atoms with van der Waals surface area (Å²) in [5.74, 6) is 5.17. The van der Waals surface area contributed by atoms with Crippen molar-refractivity contribution in [3.8, 4) is 0 Å². The molecule has 0 saturated heterocycles. The van der Waals surface area contributed by atoms with E-state index < -0.39 is 0 Å². The molecule has 1 aromatic carbocycles. The zero-order valence-electron chi connectivity index (χ0n) is 23.0. The predicted octanol–water partition coefficient (Wildman–Crippen LogP) is 7.89. The molecule has 2 N–H and O–H groups in total. The molecule has 4 aliphatic rings. The average molecular weight is 492 g/mol. The molecular weight excluding hydrogens is 442 g/mol. The first-order valence-electron chi connectivity index (χ1n) is 15.1. The minimum Gasteiger partial charge on any atom is -0.393 e. The molecule has 3 nitrogen and oxygen atoms in total. The summed E-state index contributed by atoms with van der Waals surface area (Å²) in [4.78, 5) is 12.0. The van der Waals surface area contributed by atoms with Gasteiger partial charge in [-0.25, -0.2) is 0 Å². The maximum absolute atomic E-state index is 12.0. The molecule has 0 bridgehead atoms. The highest BCUT2D eigenvalue weighted by molar-refractivity contribution is 6.03. The van der Waals surface area contributed by atoms with Gasteiger partial charge in [0, 0.05) is 18.2 Å². The largest absolute Gasteiger partial charge is 0.393 e. The van der Waals surface area contributed by atoms with Gasteiger partial charge < -0.3 is 10.5 Å². The summed E-state index contributed by atoms with van der Waals surface area (Å²) < 4.78 is 0. The fourth-order valence-electron chi connectivity index (χ4n) is 10.1. The molecule has 9 unspecified atom stereocenters. The molecule has 5 rings (SSSR count). The van der Waals surface area contributed by atoms with Gasteiger partial charge in [0.25, 0.3) is 0 Å². The lowest BCUT2D eigenvalue weighted by atomic mass is 9.44. The Kier molecular flexibility index (Phi) is 7.52. The Morgan fingerprint density at radius 1 is 1.03 bits per heavy atom. The summed E-state index contributed by atoms with van der Waals surface area (Å²) in [6, 6.07) is 8.09. The van der Waals surface area contributed by atoms with E-state index in [4.69, 9.17) is 5.41 Å². The van der Waals surface area contributed by atoms with E-state index >= 15 is 0 Å². The fourth-order valence-corrected chi connectivity index (χ4v) is 10.1. The number of benzene rings is 1. The minimum atomic E-state index is -0.0435. The molecule has 4 fully saturated rings. The Hall–Kier alpha value is -1.48. The monoisotopic (exact) mass is 491 g/mol. The van der Waals surface area contributed by atoms with Crippen LogP contribution in [0.2, 0.25) is 0 Å². The van der Waals surface area contributed by atoms with Crippen molar-refractivity contribution in [1.29, 1.82) is 5.41 Å². The molecule has 0 aliphatic heterocycles. The quantitative estimate of drug-likeness (QED) is 0.287. The van der Waals surface area contributed by atoms with Gasteiger partial charge in [-0.1, -0.05) is 51.5 Å². The van der Waals surface area contributed by atoms with E-state index in [1.807, 2.05) is 12.1 Å². The lowest BCUT2D eigenvalue weighted by Crippen LogP contribution is -2.54. The first kappa shape index (κ1) is 26.1. The third kappa shape index (κ3) is 4.63. The molecule has 198 valence electrons. The molecule has 4 aliphatic carbocycles. The number of aryl methyl sites for hydroxylation is 1. The number of aliphatic hydroxyl groups excluding tert-OH is 1. The van der Waals surface area contributed by atoms with Gasteiger partial charge in [0.1, 0.15) is 0 Å². The zero-order valence-corrected chi connectivity index (χ0v) is 23.0. The molecular formula is C33H49NO2. The summed E-state index contributed by atoms with van der Waals surface area (Å²) >= 11 is 0. The number of aliphatic hydroxyl groups is 1. The molecule has 0 spiro atoms. The standard InChI is InChI=1S/C33H49NO2/c1-22(5-4-6-23-7-9-24(10-8-23)31(36)17-20-34)28-13-14-29-27-12-11-25-21-26(35)15-18-32(25,2)30(27)16-19-33(28,29)3/h7-10,20,22,25-30,34-35H,4-6,11-19,21H2,1-3H3. The first-order valence-corrected chi connectivity index (χ1v) is 15.1. The third-order valence-electron chi connectivity index (χ3n) is 12.1. The average Bonchev–Trinajstić information content (AvgIpc) is 3.22. The molecule has 36 heavy (non-hydrogen) atoms. The number of fused-ring (bicyclic) bond motifs is 5. The van der Waals surface area contributed by atoms with E-state index in [-0.39, 0.29) is 18.3 Å². The Morgan fingerprint density at radius 3 is 2.50 bits per heavy atom. The maximum Gasteiger partial charge on any atom is 0.168 e. The molecule has 0 amide bonds. The summed E-state index contributed by atoms with van der Waals surface area (Å²) in [6.07, 6.45) is 16.8. The summed E-state index contributed by atoms with van der Waals surface area (Å²) in [5.41, 5.74) is 3.05. The van der Waals surface area contributed by atoms with Crippen molar-refractivity contribution in [2.75, 3.05) is 0 Å². The van der Waals surface area contributed by atoms with E-state index in [2.05, 4.69) is 32.9 Å². The smallest absolute Gasteiger partial charge is 0.168 e. The molecule has 3 heteroatoms. The van der Waals surface area contributed by atoms with E-state index in [0.29, 0.717) is 10.8 Å². The lowest BCUT2D eigenvalue weighted by molar-refractivity contribution is -0.129. The van der Waals surface area contributed by atoms with Gasteiger partial charge in [0.05, 0.1) is 6.10 Å². The Balaban J connectivity index is 1.18. The first-order chi connectivity index (χ1) is 17.3. The Morgan fingerprint density at radius 2 is 1.75 bits per heavy atom. The number of carbonyl (C=O) groups is 1. The van der Waals surface area contributed by atoms with Crippen LogP contribution in [0.25, 0.3) is 0 Å². The van der Waals surface area contributed by atoms with Gasteiger partial charge in [-0.3, -0.25) is 4.79 Å². The summed E-state index contributed by atoms with van der Waals surface area (Å²) in [5, 5.41) is 17.5. The summed E-state index contributed by atoms with van der Waals surface area (Å²) in [7, 11) is 0. The van der Waals surface area contributed by atoms with Crippen LogP contribution in [0, 0.1) is 51.7 Å². The molecule has 9 atom stereocenters. The fraction of sp³-hybridized carbons (Fsp3) is 0.758. The zero-order chi connectivity index (χ0) is 25.5. The van der Waals surface area contributed by atoms with E-state index in [1.54, 1.807) is 0 Å². The van der Waals surface area contributed by atoms with Crippen molar-refractivity contribution in [3.05, 3.63) is 35.4 Å². The highest BCUT2D eigenvalue weighted by atomic mass is 16.3. The van der Waals surface area contributed by atoms with E-state index in [1.165, 1.54) is 69.6 Å². The number of hydrogen-bond donors (Lipinski definition) is 2. The maximum atomic E-state index is 12.0. The number of ketones is 1. The second kappa shape index (κ2) is 10.4. The topological polar surface area (TPSA) is 61.2 Å². The molecule has 0 aromatic heterocycles. The van der Waals surface area contributed by atoms with E-state index in [0.717, 1.165) is 60.3 Å². The van der Waals surface area contributed by atoms with Gasteiger partial charge in [-0.2, -0.15) is 0 Å². The van der Waals surface area contributed by atoms with Gasteiger partial charge >= 0.3 is 0 Å². The normalized spacial score (nSPS) is 40.6. The van der Waals surface area contributed by atoms with Crippen LogP contribution in [0.15, 0.2) is 24.3 Å². The second-order valence-electron chi connectivity index (χ2n) is 13.7. The predicted molar refractivity (Wildman–Crippen MR) is 147 cm³/mol. The van der Waals surface area contributed by atoms with Gasteiger partial charge in [-0.05, 0) is 123 Å². The molecule has 4 saturated carbocycles. The SMILES string of the molecule is CC(CCCc1ccc(C(=O)CC=N)cc1)C1CCC2C3CCC4CC(O)CCC4(C)C3CCC12C. The minimum absolute atomic E-state index is 0.0347. The van der Waals surface area contributed by atoms with Gasteiger partial charge in [0.2, 0.25) is 0 Å². The van der Waals surface area contributed by atoms with Crippen LogP contribution in [0.3, 0.4) is 0 Å². The second-order valence-corrected chi connectivity index (χ2v) is 13.7. The summed E-state index contributed by atoms with van der Waals surface area (Å²) in [6.45, 7) is 7.81. The third-order valence-corrected chi connectivity index (χ3v) is 12.1. The molecule has 1 aromatic rings. The van der Waals surface area contributed by atoms with Crippen molar-refractivity contribution in [3.63, 3.8) is 0 Å². The van der Waals surface area contributed by atoms with Crippen LogP contribution in [0.5, 0.6) is 0 Å². The Bertz CT molecular complexity index is 940. The Labute approximate surface area is 219 Å². The highest BCUT2D eigenvalue weighted by Crippen LogP contribution is 2.68. The molecule has 0 heterocycles. The van der Waals surface area contributed by atoms with Crippen molar-refractivity contribution >= 4 is 12.0 Å². The number of Topliss-reactive ketones (excluding diaryl/α,β-unsaturated/α-hetero) is 1. The van der Waals surface area contributed by atoms with Crippen LogP contribution in [0.1, 0.15) is 114 Å². The molecule has 0 radical (unpaired) electrons. The van der Waals surface area contributed by atoms with Crippen LogP contribution in [-0.4, -0.2) is 23.2 Å². The highest BCUT2D eigenvalue weighted by Gasteiger charge is 2.60. The number of carbonyl (C=O) groups excluding carboxylic acids is 1. The van der Waals surface area contributed by atoms with Crippen molar-refractivity contribution in [2.24, 2.45) is 46.3 Å². The van der Waals surface area contributed by atoms with Crippen LogP contribution < -0.4 is 0 Å². The number of rotatable bonds is 8. The van der Waals surface area contributed by atoms with Crippen LogP contribution in [-0.2, 0) is 6.42 Å². The van der Waals surface area contributed by atoms with Gasteiger partial charge in [-0.15, -0.1) is 0 Å². The van der Waals surface area contributed by atoms with Crippen LogP contribution in [0.4, 0.5) is 0 Å². The van der Waals surface area contributed by atoms with E-state index in [9.17, 15) is 9.90 Å². The van der Waals surface area contributed by atoms with Crippen molar-refractivity contribution < 1.29 is 9.90 Å². The van der Waals surface area contributed by atoms with Crippen LogP contribution >= 0.6 is 0 Å². The lowest BCUT2D eigenvalue weighted by Gasteiger charge is -2.61.